The van der Waals surface area contributed by atoms with Gasteiger partial charge in [-0.05, 0) is 5.56 Å². The molecule has 1 aliphatic heterocycles. The molecule has 5 heteroatoms. The van der Waals surface area contributed by atoms with Crippen LogP contribution in [0.15, 0.2) is 30.3 Å². The largest absolute Gasteiger partial charge is 0.404 e. The molecule has 1 atom stereocenters. The highest BCUT2D eigenvalue weighted by molar-refractivity contribution is 5.80. The highest BCUT2D eigenvalue weighted by Gasteiger charge is 2.46. The molecule has 1 aliphatic rings. The molecule has 0 N–H and O–H groups in total. The van der Waals surface area contributed by atoms with E-state index in [1.165, 1.54) is 4.90 Å². The molecule has 0 unspecified atom stereocenters. The monoisotopic (exact) mass is 257 g/mol. The Morgan fingerprint density at radius 3 is 2.50 bits per heavy atom. The number of Topliss-reactive ketones (excluding diaryl/α,β-unsaturated/α-hetero) is 1. The quantitative estimate of drug-likeness (QED) is 0.812. The van der Waals surface area contributed by atoms with E-state index in [1.54, 1.807) is 24.3 Å². The van der Waals surface area contributed by atoms with Crippen molar-refractivity contribution in [3.05, 3.63) is 35.9 Å². The van der Waals surface area contributed by atoms with E-state index in [0.29, 0.717) is 0 Å². The summed E-state index contributed by atoms with van der Waals surface area (Å²) in [6.07, 6.45) is -4.55. The molecule has 0 aromatic heterocycles. The van der Waals surface area contributed by atoms with Gasteiger partial charge in [-0.1, -0.05) is 30.3 Å². The van der Waals surface area contributed by atoms with E-state index in [-0.39, 0.29) is 25.3 Å². The van der Waals surface area contributed by atoms with Crippen LogP contribution in [-0.2, 0) is 11.3 Å². The second-order valence-electron chi connectivity index (χ2n) is 4.51. The van der Waals surface area contributed by atoms with Gasteiger partial charge in [0.25, 0.3) is 0 Å². The molecule has 1 fully saturated rings. The van der Waals surface area contributed by atoms with Gasteiger partial charge in [0.05, 0.1) is 0 Å². The second kappa shape index (κ2) is 5.10. The summed E-state index contributed by atoms with van der Waals surface area (Å²) in [5, 5.41) is 0. The van der Waals surface area contributed by atoms with Crippen LogP contribution in [0.3, 0.4) is 0 Å². The van der Waals surface area contributed by atoms with E-state index in [2.05, 4.69) is 0 Å². The highest BCUT2D eigenvalue weighted by Crippen LogP contribution is 2.31. The fourth-order valence-electron chi connectivity index (χ4n) is 2.20. The number of carbonyl (C=O) groups excluding carboxylic acids is 1. The average Bonchev–Trinajstić information content (AvgIpc) is 2.31. The molecule has 18 heavy (non-hydrogen) atoms. The van der Waals surface area contributed by atoms with Crippen molar-refractivity contribution in [3.8, 4) is 0 Å². The van der Waals surface area contributed by atoms with Crippen molar-refractivity contribution in [2.45, 2.75) is 31.6 Å². The fraction of sp³-hybridized carbons (Fsp3) is 0.462. The molecule has 1 aromatic carbocycles. The molecule has 1 heterocycles. The van der Waals surface area contributed by atoms with Crippen LogP contribution >= 0.6 is 0 Å². The van der Waals surface area contributed by atoms with Gasteiger partial charge in [0.1, 0.15) is 11.8 Å². The number of carbonyl (C=O) groups is 1. The molecule has 2 nitrogen and oxygen atoms in total. The van der Waals surface area contributed by atoms with Crippen molar-refractivity contribution in [3.63, 3.8) is 0 Å². The molecular formula is C13H14F3NO. The number of piperidine rings is 1. The first kappa shape index (κ1) is 13.1. The molecule has 0 amide bonds. The Bertz CT molecular complexity index is 416. The first-order valence-electron chi connectivity index (χ1n) is 5.83. The third-order valence-corrected chi connectivity index (χ3v) is 3.15. The third-order valence-electron chi connectivity index (χ3n) is 3.15. The second-order valence-corrected chi connectivity index (χ2v) is 4.51. The summed E-state index contributed by atoms with van der Waals surface area (Å²) in [7, 11) is 0. The van der Waals surface area contributed by atoms with Gasteiger partial charge in [0.15, 0.2) is 0 Å². The Morgan fingerprint density at radius 1 is 1.22 bits per heavy atom. The Morgan fingerprint density at radius 2 is 1.89 bits per heavy atom. The third kappa shape index (κ3) is 3.10. The summed E-state index contributed by atoms with van der Waals surface area (Å²) >= 11 is 0. The summed E-state index contributed by atoms with van der Waals surface area (Å²) in [4.78, 5) is 12.5. The summed E-state index contributed by atoms with van der Waals surface area (Å²) in [5.41, 5.74) is 0.834. The molecule has 1 saturated heterocycles. The number of hydrogen-bond donors (Lipinski definition) is 0. The number of ketones is 1. The maximum absolute atomic E-state index is 12.9. The van der Waals surface area contributed by atoms with Gasteiger partial charge in [-0.2, -0.15) is 13.2 Å². The van der Waals surface area contributed by atoms with Gasteiger partial charge >= 0.3 is 6.18 Å². The lowest BCUT2D eigenvalue weighted by Gasteiger charge is -2.36. The molecule has 0 radical (unpaired) electrons. The van der Waals surface area contributed by atoms with Crippen LogP contribution < -0.4 is 0 Å². The molecule has 0 spiro atoms. The van der Waals surface area contributed by atoms with Crippen LogP contribution in [0.25, 0.3) is 0 Å². The minimum Gasteiger partial charge on any atom is -0.300 e. The first-order chi connectivity index (χ1) is 8.47. The molecular weight excluding hydrogens is 243 g/mol. The van der Waals surface area contributed by atoms with E-state index in [4.69, 9.17) is 0 Å². The zero-order valence-electron chi connectivity index (χ0n) is 9.78. The van der Waals surface area contributed by atoms with Crippen LogP contribution in [0.4, 0.5) is 13.2 Å². The minimum absolute atomic E-state index is 0.178. The predicted octanol–water partition coefficient (Wildman–Crippen LogP) is 2.78. The fourth-order valence-corrected chi connectivity index (χ4v) is 2.20. The van der Waals surface area contributed by atoms with Crippen molar-refractivity contribution in [1.82, 2.24) is 4.90 Å². The van der Waals surface area contributed by atoms with Crippen LogP contribution in [0.5, 0.6) is 0 Å². The molecule has 0 aliphatic carbocycles. The van der Waals surface area contributed by atoms with E-state index >= 15 is 0 Å². The highest BCUT2D eigenvalue weighted by atomic mass is 19.4. The molecule has 0 bridgehead atoms. The lowest BCUT2D eigenvalue weighted by atomic mass is 9.99. The standard InChI is InChI=1S/C13H14F3NO/c14-13(15,16)12-8-11(18)6-7-17(12)9-10-4-2-1-3-5-10/h1-5,12H,6-9H2/t12-/m1/s1. The maximum atomic E-state index is 12.9. The number of alkyl halides is 3. The van der Waals surface area contributed by atoms with Gasteiger partial charge in [-0.15, -0.1) is 0 Å². The van der Waals surface area contributed by atoms with Crippen LogP contribution in [-0.4, -0.2) is 29.4 Å². The van der Waals surface area contributed by atoms with E-state index < -0.39 is 18.6 Å². The Labute approximate surface area is 103 Å². The van der Waals surface area contributed by atoms with Crippen molar-refractivity contribution in [2.75, 3.05) is 6.54 Å². The zero-order valence-corrected chi connectivity index (χ0v) is 9.78. The predicted molar refractivity (Wildman–Crippen MR) is 60.9 cm³/mol. The number of halogens is 3. The Hall–Kier alpha value is -1.36. The van der Waals surface area contributed by atoms with Gasteiger partial charge in [0, 0.05) is 25.9 Å². The van der Waals surface area contributed by atoms with Crippen molar-refractivity contribution in [1.29, 1.82) is 0 Å². The van der Waals surface area contributed by atoms with E-state index in [1.807, 2.05) is 6.07 Å². The summed E-state index contributed by atoms with van der Waals surface area (Å²) in [5.74, 6) is -0.304. The smallest absolute Gasteiger partial charge is 0.300 e. The van der Waals surface area contributed by atoms with E-state index in [0.717, 1.165) is 5.56 Å². The average molecular weight is 257 g/mol. The Kier molecular flexibility index (Phi) is 3.71. The molecule has 98 valence electrons. The summed E-state index contributed by atoms with van der Waals surface area (Å²) in [6, 6.07) is 7.37. The lowest BCUT2D eigenvalue weighted by Crippen LogP contribution is -2.50. The van der Waals surface area contributed by atoms with Crippen LogP contribution in [0.2, 0.25) is 0 Å². The maximum Gasteiger partial charge on any atom is 0.404 e. The van der Waals surface area contributed by atoms with E-state index in [9.17, 15) is 18.0 Å². The normalized spacial score (nSPS) is 22.2. The van der Waals surface area contributed by atoms with Gasteiger partial charge in [-0.25, -0.2) is 0 Å². The van der Waals surface area contributed by atoms with Crippen LogP contribution in [0.1, 0.15) is 18.4 Å². The number of nitrogens with zero attached hydrogens (tertiary/aromatic N) is 1. The van der Waals surface area contributed by atoms with Gasteiger partial charge in [-0.3, -0.25) is 9.69 Å². The number of benzene rings is 1. The molecule has 0 saturated carbocycles. The molecule has 1 aromatic rings. The number of likely N-dealkylation sites (tertiary alicyclic amines) is 1. The SMILES string of the molecule is O=C1CCN(Cc2ccccc2)[C@@H](C(F)(F)F)C1. The summed E-state index contributed by atoms with van der Waals surface area (Å²) < 4.78 is 38.6. The minimum atomic E-state index is -4.34. The van der Waals surface area contributed by atoms with Gasteiger partial charge < -0.3 is 0 Å². The van der Waals surface area contributed by atoms with Gasteiger partial charge in [0.2, 0.25) is 0 Å². The topological polar surface area (TPSA) is 20.3 Å². The number of hydrogen-bond acceptors (Lipinski definition) is 2. The zero-order chi connectivity index (χ0) is 13.2. The Balaban J connectivity index is 2.12. The van der Waals surface area contributed by atoms with Crippen molar-refractivity contribution >= 4 is 5.78 Å². The molecule has 2 rings (SSSR count). The van der Waals surface area contributed by atoms with Crippen molar-refractivity contribution in [2.24, 2.45) is 0 Å². The lowest BCUT2D eigenvalue weighted by molar-refractivity contribution is -0.193. The first-order valence-corrected chi connectivity index (χ1v) is 5.83. The van der Waals surface area contributed by atoms with Crippen molar-refractivity contribution < 1.29 is 18.0 Å². The van der Waals surface area contributed by atoms with Crippen LogP contribution in [0, 0.1) is 0 Å². The number of rotatable bonds is 2. The summed E-state index contributed by atoms with van der Waals surface area (Å²) in [6.45, 7) is 0.413.